The third-order valence-electron chi connectivity index (χ3n) is 2.11. The van der Waals surface area contributed by atoms with Crippen molar-refractivity contribution in [1.29, 1.82) is 0 Å². The minimum atomic E-state index is -0.221. The second kappa shape index (κ2) is 8.32. The van der Waals surface area contributed by atoms with E-state index in [1.807, 2.05) is 0 Å². The minimum absolute atomic E-state index is 0.00731. The zero-order valence-electron chi connectivity index (χ0n) is 9.79. The Morgan fingerprint density at radius 2 is 1.89 bits per heavy atom. The highest BCUT2D eigenvalue weighted by molar-refractivity contribution is 6.35. The monoisotopic (exact) mass is 291 g/mol. The van der Waals surface area contributed by atoms with Gasteiger partial charge in [-0.15, -0.1) is 0 Å². The van der Waals surface area contributed by atoms with Crippen LogP contribution in [0, 0.1) is 0 Å². The lowest BCUT2D eigenvalue weighted by molar-refractivity contribution is 0.0867. The molecule has 18 heavy (non-hydrogen) atoms. The van der Waals surface area contributed by atoms with Crippen LogP contribution in [0.25, 0.3) is 0 Å². The van der Waals surface area contributed by atoms with Crippen LogP contribution in [-0.4, -0.2) is 37.4 Å². The summed E-state index contributed by atoms with van der Waals surface area (Å²) in [5.41, 5.74) is 0.434. The number of ether oxygens (including phenoxy) is 1. The molecule has 1 aromatic carbocycles. The van der Waals surface area contributed by atoms with Gasteiger partial charge in [0.25, 0.3) is 5.91 Å². The van der Waals surface area contributed by atoms with Gasteiger partial charge >= 0.3 is 0 Å². The van der Waals surface area contributed by atoms with Crippen molar-refractivity contribution in [2.75, 3.05) is 26.4 Å². The van der Waals surface area contributed by atoms with Gasteiger partial charge < -0.3 is 15.2 Å². The van der Waals surface area contributed by atoms with Crippen molar-refractivity contribution in [3.8, 4) is 0 Å². The van der Waals surface area contributed by atoms with Gasteiger partial charge in [0.1, 0.15) is 0 Å². The molecule has 1 amide bonds. The van der Waals surface area contributed by atoms with Crippen LogP contribution in [0.2, 0.25) is 10.0 Å². The predicted molar refractivity (Wildman–Crippen MR) is 71.3 cm³/mol. The molecule has 0 saturated carbocycles. The summed E-state index contributed by atoms with van der Waals surface area (Å²) in [4.78, 5) is 11.7. The minimum Gasteiger partial charge on any atom is -0.394 e. The maximum atomic E-state index is 11.7. The molecule has 0 aromatic heterocycles. The Morgan fingerprint density at radius 3 is 2.50 bits per heavy atom. The van der Waals surface area contributed by atoms with E-state index in [0.717, 1.165) is 0 Å². The fraction of sp³-hybridized carbons (Fsp3) is 0.417. The van der Waals surface area contributed by atoms with Crippen LogP contribution in [0.15, 0.2) is 18.2 Å². The Kier molecular flexibility index (Phi) is 7.05. The van der Waals surface area contributed by atoms with Crippen molar-refractivity contribution >= 4 is 29.1 Å². The molecule has 1 aromatic rings. The highest BCUT2D eigenvalue weighted by Gasteiger charge is 2.06. The van der Waals surface area contributed by atoms with Crippen LogP contribution in [0.3, 0.4) is 0 Å². The third kappa shape index (κ3) is 5.69. The third-order valence-corrected chi connectivity index (χ3v) is 2.55. The zero-order valence-corrected chi connectivity index (χ0v) is 11.3. The SMILES string of the molecule is O=C(NCCCOCCO)c1cc(Cl)cc(Cl)c1. The maximum Gasteiger partial charge on any atom is 0.251 e. The van der Waals surface area contributed by atoms with Crippen molar-refractivity contribution in [2.45, 2.75) is 6.42 Å². The van der Waals surface area contributed by atoms with E-state index in [4.69, 9.17) is 33.0 Å². The number of aliphatic hydroxyl groups is 1. The van der Waals surface area contributed by atoms with Crippen molar-refractivity contribution in [1.82, 2.24) is 5.32 Å². The molecule has 0 atom stereocenters. The molecular weight excluding hydrogens is 277 g/mol. The largest absolute Gasteiger partial charge is 0.394 e. The molecule has 0 aliphatic carbocycles. The maximum absolute atomic E-state index is 11.7. The van der Waals surface area contributed by atoms with Gasteiger partial charge in [-0.1, -0.05) is 23.2 Å². The molecule has 6 heteroatoms. The average molecular weight is 292 g/mol. The number of carbonyl (C=O) groups is 1. The first-order chi connectivity index (χ1) is 8.63. The Balaban J connectivity index is 2.32. The number of hydrogen-bond acceptors (Lipinski definition) is 3. The summed E-state index contributed by atoms with van der Waals surface area (Å²) < 4.78 is 5.07. The first-order valence-corrected chi connectivity index (χ1v) is 6.32. The van der Waals surface area contributed by atoms with Crippen molar-refractivity contribution in [3.63, 3.8) is 0 Å². The number of benzene rings is 1. The van der Waals surface area contributed by atoms with Crippen LogP contribution in [0.5, 0.6) is 0 Å². The first kappa shape index (κ1) is 15.2. The quantitative estimate of drug-likeness (QED) is 0.757. The van der Waals surface area contributed by atoms with E-state index in [1.54, 1.807) is 18.2 Å². The number of aliphatic hydroxyl groups excluding tert-OH is 1. The summed E-state index contributed by atoms with van der Waals surface area (Å²) in [5, 5.41) is 12.1. The molecule has 0 fully saturated rings. The molecule has 0 unspecified atom stereocenters. The van der Waals surface area contributed by atoms with E-state index in [-0.39, 0.29) is 12.5 Å². The number of hydrogen-bond donors (Lipinski definition) is 2. The van der Waals surface area contributed by atoms with Crippen molar-refractivity contribution < 1.29 is 14.6 Å². The zero-order chi connectivity index (χ0) is 13.4. The molecular formula is C12H15Cl2NO3. The molecule has 0 heterocycles. The van der Waals surface area contributed by atoms with Gasteiger partial charge in [-0.05, 0) is 24.6 Å². The average Bonchev–Trinajstić information content (AvgIpc) is 2.32. The van der Waals surface area contributed by atoms with Crippen LogP contribution in [0.4, 0.5) is 0 Å². The summed E-state index contributed by atoms with van der Waals surface area (Å²) in [7, 11) is 0. The first-order valence-electron chi connectivity index (χ1n) is 5.56. The topological polar surface area (TPSA) is 58.6 Å². The molecule has 0 saturated heterocycles. The van der Waals surface area contributed by atoms with E-state index in [9.17, 15) is 4.79 Å². The van der Waals surface area contributed by atoms with E-state index < -0.39 is 0 Å². The molecule has 0 aliphatic heterocycles. The summed E-state index contributed by atoms with van der Waals surface area (Å²) in [6, 6.07) is 4.69. The Labute approximate surface area is 116 Å². The normalized spacial score (nSPS) is 10.4. The Bertz CT molecular complexity index is 379. The number of rotatable bonds is 7. The smallest absolute Gasteiger partial charge is 0.251 e. The molecule has 0 spiro atoms. The van der Waals surface area contributed by atoms with E-state index >= 15 is 0 Å². The van der Waals surface area contributed by atoms with Gasteiger partial charge in [0.2, 0.25) is 0 Å². The fourth-order valence-electron chi connectivity index (χ4n) is 1.33. The van der Waals surface area contributed by atoms with Crippen LogP contribution >= 0.6 is 23.2 Å². The molecule has 0 radical (unpaired) electrons. The predicted octanol–water partition coefficient (Wildman–Crippen LogP) is 2.12. The van der Waals surface area contributed by atoms with Gasteiger partial charge in [0.15, 0.2) is 0 Å². The van der Waals surface area contributed by atoms with Crippen LogP contribution < -0.4 is 5.32 Å². The van der Waals surface area contributed by atoms with Gasteiger partial charge in [-0.2, -0.15) is 0 Å². The van der Waals surface area contributed by atoms with Gasteiger partial charge in [0, 0.05) is 28.8 Å². The highest BCUT2D eigenvalue weighted by atomic mass is 35.5. The van der Waals surface area contributed by atoms with Crippen LogP contribution in [0.1, 0.15) is 16.8 Å². The second-order valence-corrected chi connectivity index (χ2v) is 4.48. The lowest BCUT2D eigenvalue weighted by Gasteiger charge is -2.06. The van der Waals surface area contributed by atoms with E-state index in [2.05, 4.69) is 5.32 Å². The highest BCUT2D eigenvalue weighted by Crippen LogP contribution is 2.18. The molecule has 0 bridgehead atoms. The lowest BCUT2D eigenvalue weighted by atomic mass is 10.2. The number of halogens is 2. The van der Waals surface area contributed by atoms with E-state index in [1.165, 1.54) is 0 Å². The van der Waals surface area contributed by atoms with Gasteiger partial charge in [-0.25, -0.2) is 0 Å². The lowest BCUT2D eigenvalue weighted by Crippen LogP contribution is -2.25. The van der Waals surface area contributed by atoms with Crippen molar-refractivity contribution in [3.05, 3.63) is 33.8 Å². The Hall–Kier alpha value is -0.810. The summed E-state index contributed by atoms with van der Waals surface area (Å²) in [6.45, 7) is 1.32. The summed E-state index contributed by atoms with van der Waals surface area (Å²) in [6.07, 6.45) is 0.681. The molecule has 0 aliphatic rings. The van der Waals surface area contributed by atoms with Crippen LogP contribution in [-0.2, 0) is 4.74 Å². The molecule has 100 valence electrons. The number of amides is 1. The second-order valence-electron chi connectivity index (χ2n) is 3.60. The number of nitrogens with one attached hydrogen (secondary N) is 1. The molecule has 1 rings (SSSR count). The van der Waals surface area contributed by atoms with Gasteiger partial charge in [0.05, 0.1) is 13.2 Å². The fourth-order valence-corrected chi connectivity index (χ4v) is 1.86. The van der Waals surface area contributed by atoms with Crippen molar-refractivity contribution in [2.24, 2.45) is 0 Å². The summed E-state index contributed by atoms with van der Waals surface area (Å²) >= 11 is 11.6. The van der Waals surface area contributed by atoms with Gasteiger partial charge in [-0.3, -0.25) is 4.79 Å². The standard InChI is InChI=1S/C12H15Cl2NO3/c13-10-6-9(7-11(14)8-10)12(17)15-2-1-4-18-5-3-16/h6-8,16H,1-5H2,(H,15,17). The summed E-state index contributed by atoms with van der Waals surface area (Å²) in [5.74, 6) is -0.221. The number of carbonyl (C=O) groups excluding carboxylic acids is 1. The molecule has 2 N–H and O–H groups in total. The Morgan fingerprint density at radius 1 is 1.22 bits per heavy atom. The molecule has 4 nitrogen and oxygen atoms in total. The van der Waals surface area contributed by atoms with E-state index in [0.29, 0.717) is 41.8 Å².